The van der Waals surface area contributed by atoms with Gasteiger partial charge in [-0.25, -0.2) is 0 Å². The van der Waals surface area contributed by atoms with Gasteiger partial charge in [0.05, 0.1) is 0 Å². The van der Waals surface area contributed by atoms with E-state index >= 15 is 0 Å². The summed E-state index contributed by atoms with van der Waals surface area (Å²) in [6.07, 6.45) is 4.46. The number of rotatable bonds is 7. The lowest BCUT2D eigenvalue weighted by Crippen LogP contribution is -2.42. The zero-order valence-corrected chi connectivity index (χ0v) is 26.2. The summed E-state index contributed by atoms with van der Waals surface area (Å²) >= 11 is 0. The number of nitrogens with zero attached hydrogens (tertiary/aromatic N) is 1. The molecule has 224 valence electrons. The number of nitrogens with one attached hydrogen (secondary N) is 3. The standard InChI is InChI=1S/C17H27BN2O2.C16H24N2O/c1-12(2)17(21)19-15-6-5-13(3)16(11-15)14-7-9-20(10-8-14)18(4)22;1-11(2)16(19)18-14-5-4-12(3)15(10-14)13-6-8-17-9-7-13/h5-6,11-12,14,22H,7-10H2,1-4H3,(H,19,21);4-5,10-11,13,17H,6-9H2,1-3H3,(H,18,19). The van der Waals surface area contributed by atoms with Crippen LogP contribution in [0, 0.1) is 25.7 Å². The Morgan fingerprint density at radius 2 is 1.22 bits per heavy atom. The molecule has 41 heavy (non-hydrogen) atoms. The van der Waals surface area contributed by atoms with Crippen molar-refractivity contribution in [2.24, 2.45) is 11.8 Å². The van der Waals surface area contributed by atoms with Crippen molar-refractivity contribution in [1.82, 2.24) is 10.1 Å². The predicted octanol–water partition coefficient (Wildman–Crippen LogP) is 5.94. The maximum Gasteiger partial charge on any atom is 0.376 e. The van der Waals surface area contributed by atoms with Gasteiger partial charge in [0.15, 0.2) is 0 Å². The Hall–Kier alpha value is -2.68. The van der Waals surface area contributed by atoms with Crippen molar-refractivity contribution in [3.63, 3.8) is 0 Å². The highest BCUT2D eigenvalue weighted by atomic mass is 16.2. The SMILES string of the molecule is CB(O)N1CCC(c2cc(NC(=O)C(C)C)ccc2C)CC1.Cc1ccc(NC(=O)C(C)C)cc1C1CCNCC1. The van der Waals surface area contributed by atoms with Gasteiger partial charge in [-0.15, -0.1) is 0 Å². The van der Waals surface area contributed by atoms with Crippen molar-refractivity contribution in [1.29, 1.82) is 0 Å². The number of aryl methyl sites for hydroxylation is 2. The number of carbonyl (C=O) groups is 2. The van der Waals surface area contributed by atoms with Crippen LogP contribution in [0.5, 0.6) is 0 Å². The lowest BCUT2D eigenvalue weighted by atomic mass is 9.79. The normalized spacial score (nSPS) is 16.7. The molecular weight excluding hydrogens is 511 g/mol. The fourth-order valence-electron chi connectivity index (χ4n) is 5.61. The van der Waals surface area contributed by atoms with Gasteiger partial charge in [-0.05, 0) is 131 Å². The van der Waals surface area contributed by atoms with Crippen molar-refractivity contribution >= 4 is 30.2 Å². The van der Waals surface area contributed by atoms with Crippen molar-refractivity contribution in [3.8, 4) is 0 Å². The molecule has 2 amide bonds. The highest BCUT2D eigenvalue weighted by Gasteiger charge is 2.26. The first-order valence-electron chi connectivity index (χ1n) is 15.4. The Bertz CT molecular complexity index is 1150. The first-order chi connectivity index (χ1) is 19.5. The van der Waals surface area contributed by atoms with Crippen molar-refractivity contribution < 1.29 is 14.6 Å². The molecule has 2 saturated heterocycles. The Morgan fingerprint density at radius 1 is 0.805 bits per heavy atom. The molecule has 0 unspecified atom stereocenters. The second-order valence-corrected chi connectivity index (χ2v) is 12.4. The topological polar surface area (TPSA) is 93.7 Å². The maximum absolute atomic E-state index is 11.9. The second kappa shape index (κ2) is 15.5. The van der Waals surface area contributed by atoms with E-state index in [-0.39, 0.29) is 30.7 Å². The maximum atomic E-state index is 11.9. The number of anilines is 2. The molecule has 0 spiro atoms. The molecule has 2 aromatic rings. The summed E-state index contributed by atoms with van der Waals surface area (Å²) in [5, 5.41) is 19.0. The third kappa shape index (κ3) is 9.69. The zero-order valence-electron chi connectivity index (χ0n) is 26.2. The Kier molecular flexibility index (Phi) is 12.4. The summed E-state index contributed by atoms with van der Waals surface area (Å²) in [4.78, 5) is 25.7. The summed E-state index contributed by atoms with van der Waals surface area (Å²) in [5.41, 5.74) is 7.14. The van der Waals surface area contributed by atoms with E-state index in [2.05, 4.69) is 58.9 Å². The van der Waals surface area contributed by atoms with Crippen molar-refractivity contribution in [2.75, 3.05) is 36.8 Å². The zero-order chi connectivity index (χ0) is 30.1. The van der Waals surface area contributed by atoms with Crippen LogP contribution in [0.2, 0.25) is 6.82 Å². The summed E-state index contributed by atoms with van der Waals surface area (Å²) in [6, 6.07) is 12.5. The van der Waals surface area contributed by atoms with Gasteiger partial charge >= 0.3 is 7.05 Å². The van der Waals surface area contributed by atoms with E-state index in [1.165, 1.54) is 35.1 Å². The van der Waals surface area contributed by atoms with Crippen LogP contribution in [-0.4, -0.2) is 54.9 Å². The third-order valence-electron chi connectivity index (χ3n) is 8.42. The lowest BCUT2D eigenvalue weighted by molar-refractivity contribution is -0.119. The van der Waals surface area contributed by atoms with E-state index < -0.39 is 0 Å². The molecule has 7 nitrogen and oxygen atoms in total. The minimum Gasteiger partial charge on any atom is -0.437 e. The van der Waals surface area contributed by atoms with Gasteiger partial charge in [0.2, 0.25) is 11.8 Å². The molecule has 8 heteroatoms. The molecule has 0 atom stereocenters. The average Bonchev–Trinajstić information content (AvgIpc) is 2.95. The number of amides is 2. The average molecular weight is 563 g/mol. The molecule has 2 fully saturated rings. The molecule has 0 radical (unpaired) electrons. The molecule has 4 rings (SSSR count). The number of carbonyl (C=O) groups excluding carboxylic acids is 2. The van der Waals surface area contributed by atoms with Gasteiger partial charge in [-0.2, -0.15) is 0 Å². The number of hydrogen-bond acceptors (Lipinski definition) is 5. The van der Waals surface area contributed by atoms with Crippen LogP contribution < -0.4 is 16.0 Å². The van der Waals surface area contributed by atoms with Crippen LogP contribution in [0.15, 0.2) is 36.4 Å². The van der Waals surface area contributed by atoms with Crippen LogP contribution in [-0.2, 0) is 9.59 Å². The third-order valence-corrected chi connectivity index (χ3v) is 8.42. The van der Waals surface area contributed by atoms with Crippen LogP contribution in [0.4, 0.5) is 11.4 Å². The van der Waals surface area contributed by atoms with Crippen molar-refractivity contribution in [3.05, 3.63) is 58.7 Å². The first-order valence-corrected chi connectivity index (χ1v) is 15.4. The molecule has 4 N–H and O–H groups in total. The number of piperidine rings is 2. The number of benzene rings is 2. The molecular formula is C33H51BN4O3. The molecule has 2 aliphatic rings. The van der Waals surface area contributed by atoms with E-state index in [1.807, 2.05) is 46.7 Å². The molecule has 2 aliphatic heterocycles. The second-order valence-electron chi connectivity index (χ2n) is 12.4. The van der Waals surface area contributed by atoms with E-state index in [4.69, 9.17) is 0 Å². The molecule has 0 aliphatic carbocycles. The van der Waals surface area contributed by atoms with Gasteiger partial charge in [0, 0.05) is 23.2 Å². The number of hydrogen-bond donors (Lipinski definition) is 4. The van der Waals surface area contributed by atoms with Crippen LogP contribution >= 0.6 is 0 Å². The Balaban J connectivity index is 0.000000228. The van der Waals surface area contributed by atoms with Gasteiger partial charge in [-0.1, -0.05) is 39.8 Å². The molecule has 0 saturated carbocycles. The van der Waals surface area contributed by atoms with Gasteiger partial charge in [-0.3, -0.25) is 9.59 Å². The highest BCUT2D eigenvalue weighted by Crippen LogP contribution is 2.32. The molecule has 0 bridgehead atoms. The fourth-order valence-corrected chi connectivity index (χ4v) is 5.61. The van der Waals surface area contributed by atoms with E-state index in [9.17, 15) is 14.6 Å². The monoisotopic (exact) mass is 562 g/mol. The molecule has 2 aromatic carbocycles. The van der Waals surface area contributed by atoms with Crippen LogP contribution in [0.25, 0.3) is 0 Å². The quantitative estimate of drug-likeness (QED) is 0.314. The molecule has 2 heterocycles. The Morgan fingerprint density at radius 3 is 1.61 bits per heavy atom. The van der Waals surface area contributed by atoms with E-state index in [1.54, 1.807) is 0 Å². The minimum atomic E-state index is -0.362. The van der Waals surface area contributed by atoms with Crippen LogP contribution in [0.3, 0.4) is 0 Å². The van der Waals surface area contributed by atoms with E-state index in [0.717, 1.165) is 50.4 Å². The minimum absolute atomic E-state index is 0.0148. The largest absolute Gasteiger partial charge is 0.437 e. The fraction of sp³-hybridized carbons (Fsp3) is 0.576. The predicted molar refractivity (Wildman–Crippen MR) is 172 cm³/mol. The molecule has 0 aromatic heterocycles. The summed E-state index contributed by atoms with van der Waals surface area (Å²) in [5.74, 6) is 1.27. The van der Waals surface area contributed by atoms with E-state index in [0.29, 0.717) is 11.8 Å². The van der Waals surface area contributed by atoms with Crippen LogP contribution in [0.1, 0.15) is 87.5 Å². The Labute approximate surface area is 248 Å². The highest BCUT2D eigenvalue weighted by molar-refractivity contribution is 6.45. The summed E-state index contributed by atoms with van der Waals surface area (Å²) in [6.45, 7) is 17.8. The van der Waals surface area contributed by atoms with Gasteiger partial charge in [0.1, 0.15) is 0 Å². The van der Waals surface area contributed by atoms with Gasteiger partial charge < -0.3 is 25.8 Å². The summed E-state index contributed by atoms with van der Waals surface area (Å²) in [7, 11) is -0.362. The summed E-state index contributed by atoms with van der Waals surface area (Å²) < 4.78 is 0. The first kappa shape index (κ1) is 32.8. The van der Waals surface area contributed by atoms with Gasteiger partial charge in [0.25, 0.3) is 0 Å². The smallest absolute Gasteiger partial charge is 0.376 e. The van der Waals surface area contributed by atoms with Crippen molar-refractivity contribution in [2.45, 2.75) is 85.9 Å². The lowest BCUT2D eigenvalue weighted by Gasteiger charge is -2.33.